The number of azide groups is 1. The number of allylic oxidation sites excluding steroid dienone is 1. The van der Waals surface area contributed by atoms with Gasteiger partial charge < -0.3 is 12.2 Å². The number of alkyl halides is 1. The van der Waals surface area contributed by atoms with Crippen molar-refractivity contribution in [2.24, 2.45) is 5.11 Å². The molecule has 7 nitrogen and oxygen atoms in total. The van der Waals surface area contributed by atoms with E-state index >= 15 is 0 Å². The molecule has 0 unspecified atom stereocenters. The monoisotopic (exact) mass is 502 g/mol. The summed E-state index contributed by atoms with van der Waals surface area (Å²) in [6.45, 7) is 17.2. The van der Waals surface area contributed by atoms with Gasteiger partial charge in [-0.2, -0.15) is 0 Å². The molecular formula is C20H14F5N6OV-. The fourth-order valence-electron chi connectivity index (χ4n) is 2.53. The summed E-state index contributed by atoms with van der Waals surface area (Å²) in [6.07, 6.45) is 1.67. The molecule has 0 bridgehead atoms. The van der Waals surface area contributed by atoms with Crippen LogP contribution in [0.4, 0.5) is 27.6 Å². The van der Waals surface area contributed by atoms with Gasteiger partial charge in [0.1, 0.15) is 17.0 Å². The number of ether oxygens (including phenoxy) is 1. The van der Waals surface area contributed by atoms with Crippen LogP contribution in [0.5, 0.6) is 0 Å². The van der Waals surface area contributed by atoms with Gasteiger partial charge in [-0.3, -0.25) is 4.39 Å². The van der Waals surface area contributed by atoms with Gasteiger partial charge in [0.15, 0.2) is 23.3 Å². The first-order chi connectivity index (χ1) is 15.4. The largest absolute Gasteiger partial charge is 0.505 e. The molecule has 0 atom stereocenters. The average molecular weight is 502 g/mol. The summed E-state index contributed by atoms with van der Waals surface area (Å²) >= 11 is 0. The van der Waals surface area contributed by atoms with E-state index in [1.807, 2.05) is 0 Å². The smallest absolute Gasteiger partial charge is 0.292 e. The van der Waals surface area contributed by atoms with Crippen molar-refractivity contribution in [1.29, 1.82) is 5.26 Å². The maximum atomic E-state index is 14.2. The van der Waals surface area contributed by atoms with E-state index in [4.69, 9.17) is 31.4 Å². The molecule has 1 radical (unpaired) electrons. The average Bonchev–Trinajstić information content (AvgIpc) is 3.00. The van der Waals surface area contributed by atoms with E-state index in [-0.39, 0.29) is 43.0 Å². The molecule has 0 saturated heterocycles. The summed E-state index contributed by atoms with van der Waals surface area (Å²) in [5, 5.41) is 11.6. The van der Waals surface area contributed by atoms with Gasteiger partial charge in [-0.15, -0.1) is 0 Å². The second kappa shape index (κ2) is 13.0. The van der Waals surface area contributed by atoms with Gasteiger partial charge in [-0.05, 0) is 25.5 Å². The number of hydrogen-bond donors (Lipinski definition) is 0. The molecule has 1 heterocycles. The van der Waals surface area contributed by atoms with E-state index in [1.54, 1.807) is 6.07 Å². The standard InChI is InChI=1S/C18H8F4N6O.CH3F.CH3.V/c1-18(2)9(15(26-4)17(29-18)10(7-23)25-3)6-5-8-11(19)13(21)16(27-28-24)14(22)12(8)20;1-2;;/h5-6H,1-2H3;1H3;1H3;/q;;-1;/b6-5+,17-10+;;;/i;1D2;;. The molecule has 1 aromatic rings. The van der Waals surface area contributed by atoms with Gasteiger partial charge in [0.2, 0.25) is 5.70 Å². The van der Waals surface area contributed by atoms with E-state index < -0.39 is 52.9 Å². The molecule has 0 amide bonds. The Bertz CT molecular complexity index is 1200. The molecule has 2 rings (SSSR count). The Hall–Kier alpha value is -3.75. The Balaban J connectivity index is 0. The minimum absolute atomic E-state index is 0. The van der Waals surface area contributed by atoms with Gasteiger partial charge in [0, 0.05) is 29.0 Å². The number of benzene rings is 1. The summed E-state index contributed by atoms with van der Waals surface area (Å²) in [5.41, 5.74) is 3.67. The molecule has 0 aliphatic carbocycles. The van der Waals surface area contributed by atoms with Gasteiger partial charge in [0.05, 0.1) is 34.6 Å². The predicted octanol–water partition coefficient (Wildman–Crippen LogP) is 6.87. The summed E-state index contributed by atoms with van der Waals surface area (Å²) in [6, 6.07) is 1.58. The summed E-state index contributed by atoms with van der Waals surface area (Å²) in [5.74, 6) is -7.69. The molecule has 0 spiro atoms. The summed E-state index contributed by atoms with van der Waals surface area (Å²) in [7, 11) is -2.17. The summed E-state index contributed by atoms with van der Waals surface area (Å²) in [4.78, 5) is 8.28. The maximum absolute atomic E-state index is 14.2. The molecule has 0 N–H and O–H groups in total. The van der Waals surface area contributed by atoms with Crippen molar-refractivity contribution in [2.75, 3.05) is 7.13 Å². The number of nitriles is 1. The van der Waals surface area contributed by atoms with Crippen LogP contribution in [0.2, 0.25) is 0 Å². The van der Waals surface area contributed by atoms with Crippen molar-refractivity contribution < 1.29 is 48.0 Å². The maximum Gasteiger partial charge on any atom is 0.292 e. The first-order valence-electron chi connectivity index (χ1n) is 8.94. The van der Waals surface area contributed by atoms with E-state index in [0.29, 0.717) is 6.08 Å². The molecule has 0 saturated carbocycles. The molecule has 1 aromatic carbocycles. The first-order valence-corrected chi connectivity index (χ1v) is 7.78. The third kappa shape index (κ3) is 5.94. The zero-order valence-corrected chi connectivity index (χ0v) is 18.6. The number of nitrogens with zero attached hydrogens (tertiary/aromatic N) is 6. The third-order valence-electron chi connectivity index (χ3n) is 3.86. The van der Waals surface area contributed by atoms with Crippen LogP contribution in [0.3, 0.4) is 0 Å². The van der Waals surface area contributed by atoms with E-state index in [1.165, 1.54) is 13.8 Å². The van der Waals surface area contributed by atoms with Crippen molar-refractivity contribution in [1.82, 2.24) is 0 Å². The molecule has 1 aliphatic rings. The van der Waals surface area contributed by atoms with Gasteiger partial charge in [-0.25, -0.2) is 32.5 Å². The molecular weight excluding hydrogens is 486 g/mol. The van der Waals surface area contributed by atoms with Crippen molar-refractivity contribution in [3.63, 3.8) is 0 Å². The van der Waals surface area contributed by atoms with Crippen LogP contribution in [-0.2, 0) is 23.3 Å². The Labute approximate surface area is 201 Å². The quantitative estimate of drug-likeness (QED) is 0.0859. The fourth-order valence-corrected chi connectivity index (χ4v) is 2.53. The Morgan fingerprint density at radius 2 is 1.70 bits per heavy atom. The minimum atomic E-state index is -2.17. The van der Waals surface area contributed by atoms with Gasteiger partial charge in [-0.1, -0.05) is 11.2 Å². The van der Waals surface area contributed by atoms with Crippen LogP contribution < -0.4 is 0 Å². The predicted molar refractivity (Wildman–Crippen MR) is 106 cm³/mol. The van der Waals surface area contributed by atoms with Crippen molar-refractivity contribution >= 4 is 11.8 Å². The van der Waals surface area contributed by atoms with E-state index in [2.05, 4.69) is 19.7 Å². The molecule has 1 aliphatic heterocycles. The van der Waals surface area contributed by atoms with E-state index in [0.717, 1.165) is 6.08 Å². The second-order valence-corrected chi connectivity index (χ2v) is 5.93. The molecule has 13 heteroatoms. The van der Waals surface area contributed by atoms with Crippen molar-refractivity contribution in [3.05, 3.63) is 98.3 Å². The van der Waals surface area contributed by atoms with E-state index in [9.17, 15) is 22.0 Å². The number of hydrogen-bond acceptors (Lipinski definition) is 3. The Kier molecular flexibility index (Phi) is 10.7. The Morgan fingerprint density at radius 3 is 2.09 bits per heavy atom. The van der Waals surface area contributed by atoms with Crippen molar-refractivity contribution in [2.45, 2.75) is 19.4 Å². The van der Waals surface area contributed by atoms with Crippen LogP contribution in [0, 0.1) is 55.2 Å². The van der Waals surface area contributed by atoms with Crippen LogP contribution in [0.1, 0.15) is 22.2 Å². The zero-order valence-electron chi connectivity index (χ0n) is 19.2. The molecule has 33 heavy (non-hydrogen) atoms. The topological polar surface area (TPSA) is 90.5 Å². The minimum Gasteiger partial charge on any atom is -0.505 e. The normalized spacial score (nSPS) is 15.7. The SMILES string of the molecule is [2H]C([2H])F.[C-]#[N+]C1=C(/C=C/c2c(F)c(F)c(N=[N+]=[N-])c(F)c2F)C(C)(C)O/C1=C(\C#N)[N+]#[C-].[CH3-].[V]. The van der Waals surface area contributed by atoms with Crippen LogP contribution in [0.25, 0.3) is 26.2 Å². The van der Waals surface area contributed by atoms with Crippen LogP contribution in [-0.4, -0.2) is 12.7 Å². The molecule has 0 aromatic heterocycles. The zero-order chi connectivity index (χ0) is 25.5. The Morgan fingerprint density at radius 1 is 1.18 bits per heavy atom. The van der Waals surface area contributed by atoms with Gasteiger partial charge in [0.25, 0.3) is 5.70 Å². The number of rotatable bonds is 3. The first kappa shape index (κ1) is 27.3. The third-order valence-corrected chi connectivity index (χ3v) is 3.86. The fraction of sp³-hybridized carbons (Fsp3) is 0.200. The molecule has 0 fully saturated rings. The van der Waals surface area contributed by atoms with Crippen LogP contribution in [0.15, 0.2) is 33.9 Å². The number of halogens is 5. The van der Waals surface area contributed by atoms with Crippen molar-refractivity contribution in [3.8, 4) is 6.07 Å². The second-order valence-electron chi connectivity index (χ2n) is 5.93. The molecule has 171 valence electrons. The van der Waals surface area contributed by atoms with Crippen LogP contribution >= 0.6 is 0 Å². The van der Waals surface area contributed by atoms with Gasteiger partial charge >= 0.3 is 0 Å². The summed E-state index contributed by atoms with van der Waals surface area (Å²) < 4.78 is 83.1.